The summed E-state index contributed by atoms with van der Waals surface area (Å²) in [6.07, 6.45) is 5.53. The van der Waals surface area contributed by atoms with Crippen molar-refractivity contribution in [1.82, 2.24) is 4.90 Å². The lowest BCUT2D eigenvalue weighted by Gasteiger charge is -2.32. The molecular weight excluding hydrogens is 432 g/mol. The van der Waals surface area contributed by atoms with Crippen molar-refractivity contribution in [2.24, 2.45) is 0 Å². The number of likely N-dealkylation sites (N-methyl/N-ethyl adjacent to an activating group) is 1. The van der Waals surface area contributed by atoms with Gasteiger partial charge in [0.1, 0.15) is 11.6 Å². The van der Waals surface area contributed by atoms with Crippen LogP contribution in [0.2, 0.25) is 0 Å². The van der Waals surface area contributed by atoms with Crippen LogP contribution in [0.25, 0.3) is 22.1 Å². The normalized spacial score (nSPS) is 17.6. The summed E-state index contributed by atoms with van der Waals surface area (Å²) in [5.74, 6) is 0.147. The third kappa shape index (κ3) is 4.96. The highest BCUT2D eigenvalue weighted by Gasteiger charge is 2.28. The quantitative estimate of drug-likeness (QED) is 0.477. The fraction of sp³-hybridized carbons (Fsp3) is 0.407. The molecule has 2 heterocycles. The summed E-state index contributed by atoms with van der Waals surface area (Å²) in [6.45, 7) is 5.62. The molecule has 0 spiro atoms. The van der Waals surface area contributed by atoms with Gasteiger partial charge in [-0.25, -0.2) is 4.79 Å². The van der Waals surface area contributed by atoms with E-state index in [4.69, 9.17) is 4.42 Å². The molecule has 2 aromatic carbocycles. The number of aryl methyl sites for hydroxylation is 1. The van der Waals surface area contributed by atoms with Crippen LogP contribution in [0.15, 0.2) is 57.7 Å². The van der Waals surface area contributed by atoms with Gasteiger partial charge in [-0.3, -0.25) is 4.79 Å². The number of rotatable bonds is 5. The Morgan fingerprint density at radius 3 is 2.70 bits per heavy atom. The number of carbonyl (C=O) groups is 1. The lowest BCUT2D eigenvalue weighted by Crippen LogP contribution is -2.47. The minimum atomic E-state index is -0.377. The van der Waals surface area contributed by atoms with E-state index in [1.165, 1.54) is 12.8 Å². The Morgan fingerprint density at radius 1 is 1.15 bits per heavy atom. The third-order valence-corrected chi connectivity index (χ3v) is 7.83. The largest absolute Gasteiger partial charge is 0.423 e. The second kappa shape index (κ2) is 10.0. The molecule has 1 aliphatic heterocycles. The van der Waals surface area contributed by atoms with E-state index in [0.717, 1.165) is 47.3 Å². The molecule has 1 amide bonds. The third-order valence-electron chi connectivity index (χ3n) is 6.78. The van der Waals surface area contributed by atoms with Gasteiger partial charge < -0.3 is 14.2 Å². The minimum Gasteiger partial charge on any atom is -0.423 e. The van der Waals surface area contributed by atoms with Crippen molar-refractivity contribution in [3.63, 3.8) is 0 Å². The molecule has 0 N–H and O–H groups in total. The van der Waals surface area contributed by atoms with E-state index in [2.05, 4.69) is 6.26 Å². The zero-order chi connectivity index (χ0) is 23.5. The van der Waals surface area contributed by atoms with Gasteiger partial charge in [0.2, 0.25) is 5.91 Å². The van der Waals surface area contributed by atoms with Gasteiger partial charge in [0.15, 0.2) is 0 Å². The smallest absolute Gasteiger partial charge is 0.336 e. The summed E-state index contributed by atoms with van der Waals surface area (Å²) in [7, 11) is 1.93. The molecule has 1 saturated heterocycles. The lowest BCUT2D eigenvalue weighted by molar-refractivity contribution is -0.132. The van der Waals surface area contributed by atoms with Gasteiger partial charge >= 0.3 is 5.63 Å². The zero-order valence-electron chi connectivity index (χ0n) is 19.8. The van der Waals surface area contributed by atoms with E-state index < -0.39 is 0 Å². The Kier molecular flexibility index (Phi) is 7.13. The van der Waals surface area contributed by atoms with E-state index in [0.29, 0.717) is 10.8 Å². The van der Waals surface area contributed by atoms with E-state index >= 15 is 0 Å². The summed E-state index contributed by atoms with van der Waals surface area (Å²) in [5.41, 5.74) is 3.99. The number of thioether (sulfide) groups is 1. The molecule has 5 nitrogen and oxygen atoms in total. The van der Waals surface area contributed by atoms with Crippen molar-refractivity contribution in [3.8, 4) is 11.1 Å². The number of benzene rings is 2. The van der Waals surface area contributed by atoms with Crippen molar-refractivity contribution in [1.29, 1.82) is 0 Å². The number of fused-ring (bicyclic) bond motifs is 1. The van der Waals surface area contributed by atoms with Crippen molar-refractivity contribution >= 4 is 34.3 Å². The number of hydrogen-bond acceptors (Lipinski definition) is 5. The molecule has 33 heavy (non-hydrogen) atoms. The average Bonchev–Trinajstić information content (AvgIpc) is 3.08. The fourth-order valence-corrected chi connectivity index (χ4v) is 5.35. The molecule has 6 heteroatoms. The number of nitrogens with zero attached hydrogens (tertiary/aromatic N) is 2. The predicted molar refractivity (Wildman–Crippen MR) is 138 cm³/mol. The summed E-state index contributed by atoms with van der Waals surface area (Å²) in [6, 6.07) is 15.1. The van der Waals surface area contributed by atoms with Gasteiger partial charge in [-0.05, 0) is 56.2 Å². The Balaban J connectivity index is 1.64. The fourth-order valence-electron chi connectivity index (χ4n) is 4.62. The maximum Gasteiger partial charge on any atom is 0.336 e. The molecule has 0 saturated carbocycles. The van der Waals surface area contributed by atoms with Crippen molar-refractivity contribution in [3.05, 3.63) is 64.5 Å². The highest BCUT2D eigenvalue weighted by atomic mass is 32.2. The number of amides is 1. The Morgan fingerprint density at radius 2 is 1.94 bits per heavy atom. The number of carbonyl (C=O) groups excluding carboxylic acids is 1. The van der Waals surface area contributed by atoms with Crippen molar-refractivity contribution in [2.75, 3.05) is 31.3 Å². The summed E-state index contributed by atoms with van der Waals surface area (Å²) in [5, 5.41) is 1.39. The Bertz CT molecular complexity index is 1210. The maximum absolute atomic E-state index is 13.3. The summed E-state index contributed by atoms with van der Waals surface area (Å²) in [4.78, 5) is 29.7. The van der Waals surface area contributed by atoms with Crippen LogP contribution in [0.4, 0.5) is 5.69 Å². The predicted octanol–water partition coefficient (Wildman–Crippen LogP) is 5.34. The van der Waals surface area contributed by atoms with Crippen LogP contribution in [0.3, 0.4) is 0 Å². The minimum absolute atomic E-state index is 0.147. The van der Waals surface area contributed by atoms with Gasteiger partial charge in [-0.1, -0.05) is 30.7 Å². The van der Waals surface area contributed by atoms with Crippen molar-refractivity contribution in [2.45, 2.75) is 44.4 Å². The van der Waals surface area contributed by atoms with Crippen LogP contribution in [0.5, 0.6) is 0 Å². The Hall–Kier alpha value is -2.73. The maximum atomic E-state index is 13.3. The molecule has 1 aromatic heterocycles. The van der Waals surface area contributed by atoms with Gasteiger partial charge in [-0.2, -0.15) is 11.8 Å². The number of hydrogen-bond donors (Lipinski definition) is 0. The first-order valence-electron chi connectivity index (χ1n) is 11.6. The first kappa shape index (κ1) is 23.4. The first-order valence-corrected chi connectivity index (χ1v) is 12.9. The second-order valence-electron chi connectivity index (χ2n) is 8.90. The van der Waals surface area contributed by atoms with Gasteiger partial charge in [-0.15, -0.1) is 0 Å². The SMILES string of the molecule is CSC1CCCCN(C(=O)C(C)N(C)c2ccc3c(-c4ccccc4C)cc(=O)oc3c2)C1. The molecule has 0 bridgehead atoms. The lowest BCUT2D eigenvalue weighted by atomic mass is 9.98. The molecule has 2 unspecified atom stereocenters. The zero-order valence-corrected chi connectivity index (χ0v) is 20.7. The van der Waals surface area contributed by atoms with E-state index in [-0.39, 0.29) is 17.6 Å². The number of likely N-dealkylation sites (tertiary alicyclic amines) is 1. The summed E-state index contributed by atoms with van der Waals surface area (Å²) >= 11 is 1.85. The average molecular weight is 465 g/mol. The van der Waals surface area contributed by atoms with Gasteiger partial charge in [0, 0.05) is 54.2 Å². The molecule has 1 aliphatic rings. The van der Waals surface area contributed by atoms with Crippen molar-refractivity contribution < 1.29 is 9.21 Å². The Labute approximate surface area is 199 Å². The highest BCUT2D eigenvalue weighted by molar-refractivity contribution is 7.99. The molecular formula is C27H32N2O3S. The summed E-state index contributed by atoms with van der Waals surface area (Å²) < 4.78 is 5.58. The second-order valence-corrected chi connectivity index (χ2v) is 10.0. The number of anilines is 1. The van der Waals surface area contributed by atoms with E-state index in [9.17, 15) is 9.59 Å². The standard InChI is InChI=1S/C27H32N2O3S/c1-18-9-5-6-11-22(18)24-16-26(30)32-25-15-20(12-13-23(24)25)28(3)19(2)27(31)29-14-8-7-10-21(17-29)33-4/h5-6,9,11-13,15-16,19,21H,7-8,10,14,17H2,1-4H3. The highest BCUT2D eigenvalue weighted by Crippen LogP contribution is 2.32. The van der Waals surface area contributed by atoms with Gasteiger partial charge in [0.25, 0.3) is 0 Å². The van der Waals surface area contributed by atoms with Crippen LogP contribution < -0.4 is 10.5 Å². The van der Waals surface area contributed by atoms with Gasteiger partial charge in [0.05, 0.1) is 0 Å². The molecule has 3 aromatic rings. The van der Waals surface area contributed by atoms with Crippen LogP contribution in [-0.4, -0.2) is 48.5 Å². The van der Waals surface area contributed by atoms with Crippen LogP contribution in [-0.2, 0) is 4.79 Å². The van der Waals surface area contributed by atoms with Crippen LogP contribution in [0, 0.1) is 6.92 Å². The first-order chi connectivity index (χ1) is 15.9. The molecule has 4 rings (SSSR count). The molecule has 1 fully saturated rings. The molecule has 0 radical (unpaired) electrons. The van der Waals surface area contributed by atoms with E-state index in [1.807, 2.05) is 84.9 Å². The monoisotopic (exact) mass is 464 g/mol. The topological polar surface area (TPSA) is 53.8 Å². The molecule has 2 atom stereocenters. The van der Waals surface area contributed by atoms with Crippen LogP contribution in [0.1, 0.15) is 31.7 Å². The molecule has 174 valence electrons. The van der Waals surface area contributed by atoms with E-state index in [1.54, 1.807) is 6.07 Å². The van der Waals surface area contributed by atoms with Crippen LogP contribution >= 0.6 is 11.8 Å². The molecule has 0 aliphatic carbocycles.